The third-order valence-corrected chi connectivity index (χ3v) is 4.10. The summed E-state index contributed by atoms with van der Waals surface area (Å²) in [5.74, 6) is -0.967. The summed E-state index contributed by atoms with van der Waals surface area (Å²) in [4.78, 5) is 20.4. The van der Waals surface area contributed by atoms with Crippen molar-refractivity contribution in [3.05, 3.63) is 59.4 Å². The molecule has 3 aromatic rings. The summed E-state index contributed by atoms with van der Waals surface area (Å²) >= 11 is 7.36. The molecule has 0 atom stereocenters. The minimum Gasteiger partial charge on any atom is -0.478 e. The van der Waals surface area contributed by atoms with Gasteiger partial charge in [0.1, 0.15) is 5.03 Å². The zero-order valence-electron chi connectivity index (χ0n) is 10.7. The zero-order valence-corrected chi connectivity index (χ0v) is 12.2. The Morgan fingerprint density at radius 1 is 1.10 bits per heavy atom. The van der Waals surface area contributed by atoms with E-state index >= 15 is 0 Å². The van der Waals surface area contributed by atoms with Crippen molar-refractivity contribution in [1.82, 2.24) is 9.97 Å². The fourth-order valence-electron chi connectivity index (χ4n) is 1.89. The predicted octanol–water partition coefficient (Wildman–Crippen LogP) is 4.13. The van der Waals surface area contributed by atoms with Gasteiger partial charge in [0.25, 0.3) is 0 Å². The molecule has 104 valence electrons. The van der Waals surface area contributed by atoms with Crippen molar-refractivity contribution in [1.29, 1.82) is 0 Å². The van der Waals surface area contributed by atoms with Crippen LogP contribution in [0, 0.1) is 0 Å². The van der Waals surface area contributed by atoms with Gasteiger partial charge < -0.3 is 5.11 Å². The van der Waals surface area contributed by atoms with Crippen molar-refractivity contribution in [2.24, 2.45) is 0 Å². The number of carbonyl (C=O) groups is 1. The molecular formula is C15H9ClN2O2S. The minimum absolute atomic E-state index is 0.217. The molecule has 21 heavy (non-hydrogen) atoms. The summed E-state index contributed by atoms with van der Waals surface area (Å²) in [7, 11) is 0. The number of aromatic nitrogens is 2. The third kappa shape index (κ3) is 2.99. The van der Waals surface area contributed by atoms with Crippen LogP contribution in [0.1, 0.15) is 10.4 Å². The van der Waals surface area contributed by atoms with Crippen molar-refractivity contribution in [3.8, 4) is 0 Å². The minimum atomic E-state index is -0.967. The van der Waals surface area contributed by atoms with Gasteiger partial charge in [0.05, 0.1) is 11.1 Å². The van der Waals surface area contributed by atoms with E-state index in [4.69, 9.17) is 16.7 Å². The first kappa shape index (κ1) is 13.9. The lowest BCUT2D eigenvalue weighted by atomic mass is 10.2. The SMILES string of the molecule is O=C(O)c1ccnc(Sc2ccnc3cc(Cl)ccc23)c1. The van der Waals surface area contributed by atoms with Crippen LogP contribution in [0.4, 0.5) is 0 Å². The largest absolute Gasteiger partial charge is 0.478 e. The summed E-state index contributed by atoms with van der Waals surface area (Å²) < 4.78 is 0. The molecule has 0 saturated carbocycles. The molecule has 0 amide bonds. The molecule has 0 aliphatic heterocycles. The number of nitrogens with zero attached hydrogens (tertiary/aromatic N) is 2. The van der Waals surface area contributed by atoms with Gasteiger partial charge in [-0.25, -0.2) is 9.78 Å². The van der Waals surface area contributed by atoms with Crippen LogP contribution in [0.2, 0.25) is 5.02 Å². The lowest BCUT2D eigenvalue weighted by Crippen LogP contribution is -1.96. The fraction of sp³-hybridized carbons (Fsp3) is 0. The van der Waals surface area contributed by atoms with Crippen LogP contribution < -0.4 is 0 Å². The number of rotatable bonds is 3. The van der Waals surface area contributed by atoms with Gasteiger partial charge in [-0.3, -0.25) is 4.98 Å². The standard InChI is InChI=1S/C15H9ClN2O2S/c16-10-1-2-11-12(8-10)17-6-4-13(11)21-14-7-9(15(19)20)3-5-18-14/h1-8H,(H,19,20). The van der Waals surface area contributed by atoms with Crippen molar-refractivity contribution < 1.29 is 9.90 Å². The Hall–Kier alpha value is -2.11. The van der Waals surface area contributed by atoms with E-state index in [2.05, 4.69) is 9.97 Å². The molecule has 0 radical (unpaired) electrons. The van der Waals surface area contributed by atoms with Gasteiger partial charge in [-0.15, -0.1) is 0 Å². The average molecular weight is 317 g/mol. The van der Waals surface area contributed by atoms with Gasteiger partial charge in [0.2, 0.25) is 0 Å². The van der Waals surface area contributed by atoms with E-state index in [0.29, 0.717) is 10.0 Å². The van der Waals surface area contributed by atoms with Gasteiger partial charge in [0, 0.05) is 27.7 Å². The molecule has 0 aliphatic carbocycles. The molecular weight excluding hydrogens is 308 g/mol. The molecule has 0 aliphatic rings. The number of pyridine rings is 2. The van der Waals surface area contributed by atoms with Crippen molar-refractivity contribution in [3.63, 3.8) is 0 Å². The van der Waals surface area contributed by atoms with Gasteiger partial charge >= 0.3 is 5.97 Å². The molecule has 0 unspecified atom stereocenters. The first-order valence-corrected chi connectivity index (χ1v) is 7.24. The number of fused-ring (bicyclic) bond motifs is 1. The Kier molecular flexibility index (Phi) is 3.77. The number of hydrogen-bond donors (Lipinski definition) is 1. The number of aromatic carboxylic acids is 1. The Bertz CT molecular complexity index is 839. The van der Waals surface area contributed by atoms with Crippen LogP contribution in [0.15, 0.2) is 58.7 Å². The highest BCUT2D eigenvalue weighted by Crippen LogP contribution is 2.32. The van der Waals surface area contributed by atoms with E-state index in [0.717, 1.165) is 15.8 Å². The summed E-state index contributed by atoms with van der Waals surface area (Å²) in [6.45, 7) is 0. The van der Waals surface area contributed by atoms with Crippen LogP contribution in [0.3, 0.4) is 0 Å². The Morgan fingerprint density at radius 2 is 1.90 bits per heavy atom. The van der Waals surface area contributed by atoms with Crippen molar-refractivity contribution in [2.75, 3.05) is 0 Å². The normalized spacial score (nSPS) is 10.7. The number of hydrogen-bond acceptors (Lipinski definition) is 4. The summed E-state index contributed by atoms with van der Waals surface area (Å²) in [6, 6.07) is 10.4. The van der Waals surface area contributed by atoms with E-state index < -0.39 is 5.97 Å². The predicted molar refractivity (Wildman–Crippen MR) is 82.1 cm³/mol. The molecule has 0 bridgehead atoms. The highest BCUT2D eigenvalue weighted by molar-refractivity contribution is 7.99. The third-order valence-electron chi connectivity index (χ3n) is 2.86. The van der Waals surface area contributed by atoms with Crippen LogP contribution >= 0.6 is 23.4 Å². The Balaban J connectivity index is 2.02. The first-order chi connectivity index (χ1) is 10.1. The maximum absolute atomic E-state index is 11.0. The Labute approximate surface area is 129 Å². The van der Waals surface area contributed by atoms with Gasteiger partial charge in [0.15, 0.2) is 0 Å². The zero-order chi connectivity index (χ0) is 14.8. The first-order valence-electron chi connectivity index (χ1n) is 6.05. The van der Waals surface area contributed by atoms with E-state index in [1.54, 1.807) is 24.4 Å². The highest BCUT2D eigenvalue weighted by atomic mass is 35.5. The smallest absolute Gasteiger partial charge is 0.335 e. The van der Waals surface area contributed by atoms with E-state index in [1.165, 1.54) is 24.0 Å². The van der Waals surface area contributed by atoms with Gasteiger partial charge in [-0.05, 0) is 30.3 Å². The van der Waals surface area contributed by atoms with E-state index in [-0.39, 0.29) is 5.56 Å². The molecule has 0 saturated heterocycles. The highest BCUT2D eigenvalue weighted by Gasteiger charge is 2.08. The van der Waals surface area contributed by atoms with Crippen LogP contribution in [-0.2, 0) is 0 Å². The summed E-state index contributed by atoms with van der Waals surface area (Å²) in [5, 5.41) is 11.2. The number of halogens is 1. The number of carboxylic acids is 1. The second-order valence-corrected chi connectivity index (χ2v) is 5.76. The summed E-state index contributed by atoms with van der Waals surface area (Å²) in [6.07, 6.45) is 3.19. The van der Waals surface area contributed by atoms with Crippen LogP contribution in [-0.4, -0.2) is 21.0 Å². The molecule has 0 spiro atoms. The summed E-state index contributed by atoms with van der Waals surface area (Å²) in [5.41, 5.74) is 1.01. The molecule has 6 heteroatoms. The number of carboxylic acid groups (broad SMARTS) is 1. The second-order valence-electron chi connectivity index (χ2n) is 4.26. The average Bonchev–Trinajstić information content (AvgIpc) is 2.47. The maximum Gasteiger partial charge on any atom is 0.335 e. The molecule has 4 nitrogen and oxygen atoms in total. The molecule has 2 heterocycles. The molecule has 1 N–H and O–H groups in total. The molecule has 2 aromatic heterocycles. The van der Waals surface area contributed by atoms with Crippen LogP contribution in [0.5, 0.6) is 0 Å². The topological polar surface area (TPSA) is 63.1 Å². The molecule has 1 aromatic carbocycles. The van der Waals surface area contributed by atoms with Gasteiger partial charge in [-0.2, -0.15) is 0 Å². The monoisotopic (exact) mass is 316 g/mol. The lowest BCUT2D eigenvalue weighted by molar-refractivity contribution is 0.0696. The van der Waals surface area contributed by atoms with Gasteiger partial charge in [-0.1, -0.05) is 29.4 Å². The fourth-order valence-corrected chi connectivity index (χ4v) is 3.00. The maximum atomic E-state index is 11.0. The molecule has 0 fully saturated rings. The Morgan fingerprint density at radius 3 is 2.71 bits per heavy atom. The van der Waals surface area contributed by atoms with Crippen molar-refractivity contribution in [2.45, 2.75) is 9.92 Å². The van der Waals surface area contributed by atoms with Crippen LogP contribution in [0.25, 0.3) is 10.9 Å². The van der Waals surface area contributed by atoms with E-state index in [1.807, 2.05) is 12.1 Å². The van der Waals surface area contributed by atoms with E-state index in [9.17, 15) is 4.79 Å². The quantitative estimate of drug-likeness (QED) is 0.787. The number of benzene rings is 1. The molecule has 3 rings (SSSR count). The second kappa shape index (κ2) is 5.71. The lowest BCUT2D eigenvalue weighted by Gasteiger charge is -2.06. The van der Waals surface area contributed by atoms with Crippen molar-refractivity contribution >= 4 is 40.2 Å².